The van der Waals surface area contributed by atoms with Gasteiger partial charge in [0.1, 0.15) is 17.8 Å². The van der Waals surface area contributed by atoms with Gasteiger partial charge in [-0.05, 0) is 12.5 Å². The number of nitro benzene ring substituents is 1. The van der Waals surface area contributed by atoms with Gasteiger partial charge in [0.2, 0.25) is 0 Å². The van der Waals surface area contributed by atoms with Crippen molar-refractivity contribution in [2.75, 3.05) is 13.7 Å². The molecule has 11 nitrogen and oxygen atoms in total. The van der Waals surface area contributed by atoms with Crippen LogP contribution in [0.25, 0.3) is 0 Å². The summed E-state index contributed by atoms with van der Waals surface area (Å²) in [5.74, 6) is -3.28. The smallest absolute Gasteiger partial charge is 0.336 e. The van der Waals surface area contributed by atoms with Gasteiger partial charge in [0, 0.05) is 30.4 Å². The number of esters is 2. The second-order valence-electron chi connectivity index (χ2n) is 7.10. The second-order valence-corrected chi connectivity index (χ2v) is 7.10. The van der Waals surface area contributed by atoms with Crippen molar-refractivity contribution in [1.29, 1.82) is 0 Å². The van der Waals surface area contributed by atoms with Gasteiger partial charge in [-0.2, -0.15) is 0 Å². The summed E-state index contributed by atoms with van der Waals surface area (Å²) >= 11 is 0. The van der Waals surface area contributed by atoms with Gasteiger partial charge in [-0.15, -0.1) is 0 Å². The molecule has 4 rings (SSSR count). The maximum absolute atomic E-state index is 13.1. The Morgan fingerprint density at radius 3 is 2.72 bits per heavy atom. The molecule has 0 radical (unpaired) electrons. The number of imidazole rings is 1. The first kappa shape index (κ1) is 21.1. The topological polar surface area (TPSA) is 143 Å². The maximum Gasteiger partial charge on any atom is 0.336 e. The van der Waals surface area contributed by atoms with Crippen LogP contribution >= 0.6 is 0 Å². The Kier molecular flexibility index (Phi) is 5.39. The zero-order valence-corrected chi connectivity index (χ0v) is 17.1. The molecule has 1 aromatic carbocycles. The normalized spacial score (nSPS) is 21.3. The molecule has 3 unspecified atom stereocenters. The molecular weight excluding hydrogens is 420 g/mol. The number of aldehydes is 1. The average molecular weight is 438 g/mol. The van der Waals surface area contributed by atoms with E-state index in [1.165, 1.54) is 18.2 Å². The van der Waals surface area contributed by atoms with E-state index in [-0.39, 0.29) is 34.8 Å². The standard InChI is InChI=1S/C21H18N4O7/c1-3-32-21(28)16-14(11-5-4-6-12(9-11)25(29)30)15(20(27)31-2)13(10-26)23-17(16)18-19-22-7-8-24(18)19/h4-10,14-15,18H,3H2,1-2H3. The van der Waals surface area contributed by atoms with E-state index in [0.29, 0.717) is 12.1 Å². The summed E-state index contributed by atoms with van der Waals surface area (Å²) in [5.41, 5.74) is 0.148. The van der Waals surface area contributed by atoms with E-state index in [2.05, 4.69) is 9.98 Å². The van der Waals surface area contributed by atoms with E-state index in [0.717, 1.165) is 7.11 Å². The number of methoxy groups -OCH3 is 1. The van der Waals surface area contributed by atoms with Crippen molar-refractivity contribution in [3.63, 3.8) is 0 Å². The molecule has 0 saturated heterocycles. The summed E-state index contributed by atoms with van der Waals surface area (Å²) in [6.07, 6.45) is 3.71. The lowest BCUT2D eigenvalue weighted by Gasteiger charge is -2.31. The molecule has 0 spiro atoms. The molecule has 3 atom stereocenters. The zero-order valence-electron chi connectivity index (χ0n) is 17.1. The van der Waals surface area contributed by atoms with Crippen LogP contribution in [0.15, 0.2) is 52.9 Å². The second kappa shape index (κ2) is 8.17. The van der Waals surface area contributed by atoms with Gasteiger partial charge >= 0.3 is 11.9 Å². The van der Waals surface area contributed by atoms with E-state index in [4.69, 9.17) is 9.47 Å². The monoisotopic (exact) mass is 438 g/mol. The molecule has 0 amide bonds. The highest BCUT2D eigenvalue weighted by Gasteiger charge is 2.49. The third-order valence-corrected chi connectivity index (χ3v) is 5.41. The highest BCUT2D eigenvalue weighted by Crippen LogP contribution is 2.48. The summed E-state index contributed by atoms with van der Waals surface area (Å²) in [6.45, 7) is 1.68. The number of hydrogen-bond donors (Lipinski definition) is 0. The number of benzene rings is 1. The molecule has 0 fully saturated rings. The summed E-state index contributed by atoms with van der Waals surface area (Å²) in [4.78, 5) is 57.1. The Bertz CT molecular complexity index is 1180. The van der Waals surface area contributed by atoms with Gasteiger partial charge in [0.15, 0.2) is 6.29 Å². The fraction of sp³-hybridized carbons (Fsp3) is 0.286. The van der Waals surface area contributed by atoms with Crippen LogP contribution < -0.4 is 0 Å². The number of rotatable bonds is 7. The first-order chi connectivity index (χ1) is 15.4. The first-order valence-electron chi connectivity index (χ1n) is 9.72. The molecule has 2 aromatic rings. The zero-order chi connectivity index (χ0) is 23.0. The van der Waals surface area contributed by atoms with Crippen LogP contribution in [-0.2, 0) is 23.9 Å². The van der Waals surface area contributed by atoms with Gasteiger partial charge < -0.3 is 14.0 Å². The number of non-ortho nitro benzene ring substituents is 1. The summed E-state index contributed by atoms with van der Waals surface area (Å²) < 4.78 is 11.9. The van der Waals surface area contributed by atoms with Gasteiger partial charge in [0.05, 0.1) is 35.6 Å². The van der Waals surface area contributed by atoms with E-state index < -0.39 is 34.7 Å². The van der Waals surface area contributed by atoms with Gasteiger partial charge in [-0.1, -0.05) is 12.1 Å². The van der Waals surface area contributed by atoms with Gasteiger partial charge in [-0.25, -0.2) is 9.78 Å². The highest BCUT2D eigenvalue weighted by atomic mass is 16.6. The van der Waals surface area contributed by atoms with Crippen molar-refractivity contribution in [2.45, 2.75) is 18.9 Å². The van der Waals surface area contributed by atoms with E-state index in [1.807, 2.05) is 0 Å². The largest absolute Gasteiger partial charge is 0.468 e. The van der Waals surface area contributed by atoms with Crippen LogP contribution in [-0.4, -0.2) is 52.1 Å². The molecular formula is C21H18N4O7. The Labute approximate surface area is 181 Å². The van der Waals surface area contributed by atoms with Crippen molar-refractivity contribution < 1.29 is 28.8 Å². The maximum atomic E-state index is 13.1. The molecule has 2 aliphatic heterocycles. The fourth-order valence-corrected chi connectivity index (χ4v) is 4.02. The molecule has 0 saturated carbocycles. The van der Waals surface area contributed by atoms with Gasteiger partial charge in [-0.3, -0.25) is 24.7 Å². The van der Waals surface area contributed by atoms with Crippen molar-refractivity contribution in [1.82, 2.24) is 9.55 Å². The summed E-state index contributed by atoms with van der Waals surface area (Å²) in [5, 5.41) is 11.4. The summed E-state index contributed by atoms with van der Waals surface area (Å²) in [6, 6.07) is 5.05. The quantitative estimate of drug-likeness (QED) is 0.275. The van der Waals surface area contributed by atoms with E-state index >= 15 is 0 Å². The molecule has 32 heavy (non-hydrogen) atoms. The third kappa shape index (κ3) is 3.37. The number of nitro groups is 1. The fourth-order valence-electron chi connectivity index (χ4n) is 4.02. The lowest BCUT2D eigenvalue weighted by Crippen LogP contribution is -2.38. The van der Waals surface area contributed by atoms with E-state index in [1.54, 1.807) is 30.0 Å². The number of nitrogens with zero attached hydrogens (tertiary/aromatic N) is 4. The van der Waals surface area contributed by atoms with Crippen molar-refractivity contribution in [3.8, 4) is 0 Å². The van der Waals surface area contributed by atoms with Crippen molar-refractivity contribution in [3.05, 3.63) is 69.4 Å². The minimum atomic E-state index is -1.28. The Morgan fingerprint density at radius 1 is 1.34 bits per heavy atom. The lowest BCUT2D eigenvalue weighted by atomic mass is 9.75. The molecule has 164 valence electrons. The highest BCUT2D eigenvalue weighted by molar-refractivity contribution is 6.35. The van der Waals surface area contributed by atoms with Crippen LogP contribution in [0.2, 0.25) is 0 Å². The Balaban J connectivity index is 1.97. The molecule has 0 aliphatic carbocycles. The molecule has 0 bridgehead atoms. The number of hydrogen-bond acceptors (Lipinski definition) is 9. The molecule has 2 aliphatic rings. The SMILES string of the molecule is CCOC(=O)C1=C(C2c3nccn32)N=C(C=O)C(C(=O)OC)C1c1cccc([N+](=O)[O-])c1. The van der Waals surface area contributed by atoms with Gasteiger partial charge in [0.25, 0.3) is 5.69 Å². The van der Waals surface area contributed by atoms with Crippen LogP contribution in [0.1, 0.15) is 30.3 Å². The first-order valence-corrected chi connectivity index (χ1v) is 9.72. The number of carbonyl (C=O) groups excluding carboxylic acids is 3. The van der Waals surface area contributed by atoms with Crippen LogP contribution in [0.5, 0.6) is 0 Å². The minimum absolute atomic E-state index is 0.0313. The number of carbonyl (C=O) groups is 3. The number of aliphatic imine (C=N–C) groups is 1. The predicted octanol–water partition coefficient (Wildman–Crippen LogP) is 1.74. The van der Waals surface area contributed by atoms with Crippen molar-refractivity contribution in [2.24, 2.45) is 10.9 Å². The Morgan fingerprint density at radius 2 is 2.12 bits per heavy atom. The lowest BCUT2D eigenvalue weighted by molar-refractivity contribution is -0.384. The molecule has 1 aromatic heterocycles. The average Bonchev–Trinajstić information content (AvgIpc) is 3.27. The van der Waals surface area contributed by atoms with Crippen LogP contribution in [0, 0.1) is 16.0 Å². The van der Waals surface area contributed by atoms with Crippen molar-refractivity contribution >= 4 is 29.6 Å². The van der Waals surface area contributed by atoms with Crippen LogP contribution in [0.4, 0.5) is 5.69 Å². The number of allylic oxidation sites excluding steroid dienone is 1. The Hall–Kier alpha value is -4.15. The van der Waals surface area contributed by atoms with Crippen LogP contribution in [0.3, 0.4) is 0 Å². The van der Waals surface area contributed by atoms with E-state index in [9.17, 15) is 24.5 Å². The molecule has 11 heteroatoms. The number of ether oxygens (including phenoxy) is 2. The summed E-state index contributed by atoms with van der Waals surface area (Å²) in [7, 11) is 1.15. The minimum Gasteiger partial charge on any atom is -0.468 e. The number of aromatic nitrogens is 2. The molecule has 3 heterocycles. The molecule has 0 N–H and O–H groups in total. The third-order valence-electron chi connectivity index (χ3n) is 5.41. The predicted molar refractivity (Wildman–Crippen MR) is 109 cm³/mol. The number of fused-ring (bicyclic) bond motifs is 1.